The Morgan fingerprint density at radius 2 is 2.17 bits per heavy atom. The monoisotopic (exact) mass is 334 g/mol. The van der Waals surface area contributed by atoms with E-state index in [1.165, 1.54) is 29.8 Å². The summed E-state index contributed by atoms with van der Waals surface area (Å²) in [6.45, 7) is 3.02. The molecule has 2 heterocycles. The third kappa shape index (κ3) is 3.87. The van der Waals surface area contributed by atoms with Crippen molar-refractivity contribution in [1.82, 2.24) is 25.3 Å². The van der Waals surface area contributed by atoms with E-state index in [1.807, 2.05) is 18.4 Å². The molecule has 0 atom stereocenters. The third-order valence-electron chi connectivity index (χ3n) is 3.81. The molecule has 0 saturated heterocycles. The maximum absolute atomic E-state index is 4.97. The van der Waals surface area contributed by atoms with E-state index in [-0.39, 0.29) is 0 Å². The average Bonchev–Trinajstić information content (AvgIpc) is 3.13. The van der Waals surface area contributed by atoms with Crippen molar-refractivity contribution < 1.29 is 4.52 Å². The standard InChI is InChI=1S/C15H22N6OS/c1-10-18-13(20-22-10)8-17-15(16-2)21(3)9-14-19-11-6-4-5-7-12(11)23-14/h4-9H2,1-3H3,(H,16,17). The molecule has 0 radical (unpaired) electrons. The Hall–Kier alpha value is -1.96. The predicted octanol–water partition coefficient (Wildman–Crippen LogP) is 1.92. The van der Waals surface area contributed by atoms with Crippen LogP contribution in [0.4, 0.5) is 0 Å². The first-order chi connectivity index (χ1) is 11.2. The molecule has 0 aliphatic heterocycles. The summed E-state index contributed by atoms with van der Waals surface area (Å²) in [6.07, 6.45) is 4.86. The first-order valence-corrected chi connectivity index (χ1v) is 8.66. The van der Waals surface area contributed by atoms with Crippen LogP contribution in [0.3, 0.4) is 0 Å². The minimum atomic E-state index is 0.489. The number of nitrogens with one attached hydrogen (secondary N) is 1. The number of rotatable bonds is 4. The van der Waals surface area contributed by atoms with Gasteiger partial charge in [-0.15, -0.1) is 11.3 Å². The van der Waals surface area contributed by atoms with Crippen LogP contribution in [0.5, 0.6) is 0 Å². The molecule has 2 aromatic rings. The molecule has 8 heteroatoms. The first-order valence-electron chi connectivity index (χ1n) is 7.84. The lowest BCUT2D eigenvalue weighted by atomic mass is 10.0. The Labute approximate surface area is 139 Å². The van der Waals surface area contributed by atoms with Gasteiger partial charge in [0.25, 0.3) is 0 Å². The molecule has 0 aromatic carbocycles. The molecule has 23 heavy (non-hydrogen) atoms. The van der Waals surface area contributed by atoms with Crippen LogP contribution >= 0.6 is 11.3 Å². The lowest BCUT2D eigenvalue weighted by Gasteiger charge is -2.20. The van der Waals surface area contributed by atoms with Crippen LogP contribution in [0.15, 0.2) is 9.52 Å². The molecule has 124 valence electrons. The second-order valence-corrected chi connectivity index (χ2v) is 6.84. The fourth-order valence-electron chi connectivity index (χ4n) is 2.71. The van der Waals surface area contributed by atoms with Crippen LogP contribution in [0.1, 0.15) is 40.1 Å². The molecule has 0 amide bonds. The summed E-state index contributed by atoms with van der Waals surface area (Å²) in [5.74, 6) is 1.99. The van der Waals surface area contributed by atoms with Crippen molar-refractivity contribution in [2.24, 2.45) is 4.99 Å². The molecule has 0 bridgehead atoms. The van der Waals surface area contributed by atoms with Crippen molar-refractivity contribution in [3.05, 3.63) is 27.3 Å². The number of aryl methyl sites for hydroxylation is 3. The third-order valence-corrected chi connectivity index (χ3v) is 4.95. The summed E-state index contributed by atoms with van der Waals surface area (Å²) in [7, 11) is 3.78. The van der Waals surface area contributed by atoms with Gasteiger partial charge in [0.15, 0.2) is 11.8 Å². The SMILES string of the molecule is CN=C(NCc1noc(C)n1)N(C)Cc1nc2c(s1)CCCC2. The van der Waals surface area contributed by atoms with Gasteiger partial charge in [-0.1, -0.05) is 5.16 Å². The van der Waals surface area contributed by atoms with Crippen LogP contribution in [-0.4, -0.2) is 40.1 Å². The van der Waals surface area contributed by atoms with E-state index in [2.05, 4.69) is 25.3 Å². The molecule has 0 unspecified atom stereocenters. The van der Waals surface area contributed by atoms with E-state index < -0.39 is 0 Å². The highest BCUT2D eigenvalue weighted by Gasteiger charge is 2.17. The van der Waals surface area contributed by atoms with Crippen molar-refractivity contribution in [2.45, 2.75) is 45.7 Å². The zero-order valence-electron chi connectivity index (χ0n) is 13.8. The molecule has 0 saturated carbocycles. The topological polar surface area (TPSA) is 79.4 Å². The number of nitrogens with zero attached hydrogens (tertiary/aromatic N) is 5. The number of hydrogen-bond acceptors (Lipinski definition) is 6. The minimum absolute atomic E-state index is 0.489. The van der Waals surface area contributed by atoms with Gasteiger partial charge in [0.05, 0.1) is 18.8 Å². The largest absolute Gasteiger partial charge is 0.349 e. The van der Waals surface area contributed by atoms with Crippen LogP contribution in [-0.2, 0) is 25.9 Å². The number of fused-ring (bicyclic) bond motifs is 1. The molecule has 3 rings (SSSR count). The second-order valence-electron chi connectivity index (χ2n) is 5.67. The summed E-state index contributed by atoms with van der Waals surface area (Å²) >= 11 is 1.83. The van der Waals surface area contributed by atoms with Gasteiger partial charge < -0.3 is 14.7 Å². The summed E-state index contributed by atoms with van der Waals surface area (Å²) < 4.78 is 4.97. The number of aromatic nitrogens is 3. The van der Waals surface area contributed by atoms with E-state index in [0.717, 1.165) is 23.9 Å². The van der Waals surface area contributed by atoms with Crippen LogP contribution < -0.4 is 5.32 Å². The van der Waals surface area contributed by atoms with Crippen molar-refractivity contribution in [2.75, 3.05) is 14.1 Å². The number of guanidine groups is 1. The number of hydrogen-bond donors (Lipinski definition) is 1. The molecule has 7 nitrogen and oxygen atoms in total. The van der Waals surface area contributed by atoms with E-state index >= 15 is 0 Å². The van der Waals surface area contributed by atoms with Crippen LogP contribution in [0.25, 0.3) is 0 Å². The average molecular weight is 334 g/mol. The summed E-state index contributed by atoms with van der Waals surface area (Å²) in [5, 5.41) is 8.28. The van der Waals surface area contributed by atoms with Gasteiger partial charge in [0, 0.05) is 25.9 Å². The predicted molar refractivity (Wildman–Crippen MR) is 89.5 cm³/mol. The highest BCUT2D eigenvalue weighted by atomic mass is 32.1. The Bertz CT molecular complexity index is 668. The zero-order chi connectivity index (χ0) is 16.2. The smallest absolute Gasteiger partial charge is 0.223 e. The Balaban J connectivity index is 1.59. The van der Waals surface area contributed by atoms with E-state index in [4.69, 9.17) is 9.51 Å². The zero-order valence-corrected chi connectivity index (χ0v) is 14.6. The normalized spacial score (nSPS) is 14.7. The highest BCUT2D eigenvalue weighted by molar-refractivity contribution is 7.11. The Morgan fingerprint density at radius 1 is 1.35 bits per heavy atom. The number of aliphatic imine (C=N–C) groups is 1. The lowest BCUT2D eigenvalue weighted by molar-refractivity contribution is 0.386. The second kappa shape index (κ2) is 7.08. The first kappa shape index (κ1) is 15.9. The van der Waals surface area contributed by atoms with Crippen molar-refractivity contribution in [1.29, 1.82) is 0 Å². The highest BCUT2D eigenvalue weighted by Crippen LogP contribution is 2.27. The molecule has 0 fully saturated rings. The maximum Gasteiger partial charge on any atom is 0.223 e. The van der Waals surface area contributed by atoms with Crippen molar-refractivity contribution >= 4 is 17.3 Å². The Morgan fingerprint density at radius 3 is 2.87 bits per heavy atom. The van der Waals surface area contributed by atoms with Gasteiger partial charge in [0.1, 0.15) is 5.01 Å². The van der Waals surface area contributed by atoms with Crippen LogP contribution in [0, 0.1) is 6.92 Å². The lowest BCUT2D eigenvalue weighted by Crippen LogP contribution is -2.38. The van der Waals surface area contributed by atoms with Gasteiger partial charge >= 0.3 is 0 Å². The van der Waals surface area contributed by atoms with Crippen molar-refractivity contribution in [3.8, 4) is 0 Å². The van der Waals surface area contributed by atoms with E-state index in [1.54, 1.807) is 14.0 Å². The Kier molecular flexibility index (Phi) is 4.90. The quantitative estimate of drug-likeness (QED) is 0.680. The summed E-state index contributed by atoms with van der Waals surface area (Å²) in [6, 6.07) is 0. The van der Waals surface area contributed by atoms with E-state index in [0.29, 0.717) is 18.3 Å². The summed E-state index contributed by atoms with van der Waals surface area (Å²) in [4.78, 5) is 16.8. The molecule has 2 aromatic heterocycles. The molecule has 0 spiro atoms. The maximum atomic E-state index is 4.97. The fraction of sp³-hybridized carbons (Fsp3) is 0.600. The minimum Gasteiger partial charge on any atom is -0.349 e. The molecular weight excluding hydrogens is 312 g/mol. The van der Waals surface area contributed by atoms with Crippen LogP contribution in [0.2, 0.25) is 0 Å². The van der Waals surface area contributed by atoms with Gasteiger partial charge in [-0.3, -0.25) is 4.99 Å². The van der Waals surface area contributed by atoms with Gasteiger partial charge in [0.2, 0.25) is 5.89 Å². The van der Waals surface area contributed by atoms with Gasteiger partial charge in [-0.05, 0) is 25.7 Å². The molecule has 1 N–H and O–H groups in total. The van der Waals surface area contributed by atoms with Gasteiger partial charge in [-0.2, -0.15) is 4.98 Å². The van der Waals surface area contributed by atoms with E-state index in [9.17, 15) is 0 Å². The molecule has 1 aliphatic rings. The van der Waals surface area contributed by atoms with Gasteiger partial charge in [-0.25, -0.2) is 4.98 Å². The molecule has 1 aliphatic carbocycles. The van der Waals surface area contributed by atoms with Crippen molar-refractivity contribution in [3.63, 3.8) is 0 Å². The fourth-order valence-corrected chi connectivity index (χ4v) is 3.92. The molecular formula is C15H22N6OS. The number of thiazole rings is 1. The summed E-state index contributed by atoms with van der Waals surface area (Å²) in [5.41, 5.74) is 1.30.